The van der Waals surface area contributed by atoms with E-state index in [4.69, 9.17) is 9.84 Å². The maximum absolute atomic E-state index is 13.3. The lowest BCUT2D eigenvalue weighted by atomic mass is 10.2. The molecule has 0 unspecified atom stereocenters. The average molecular weight is 250 g/mol. The minimum absolute atomic E-state index is 0.0244. The number of aromatic carboxylic acids is 1. The molecule has 1 N–H and O–H groups in total. The summed E-state index contributed by atoms with van der Waals surface area (Å²) in [7, 11) is 3.01. The number of hydrogen-bond donors (Lipinski definition) is 1. The topological polar surface area (TPSA) is 64.3 Å². The van der Waals surface area contributed by atoms with Crippen molar-refractivity contribution >= 4 is 5.97 Å². The van der Waals surface area contributed by atoms with Crippen LogP contribution in [0.5, 0.6) is 5.75 Å². The minimum Gasteiger partial charge on any atom is -0.496 e. The number of halogens is 1. The molecule has 0 fully saturated rings. The predicted octanol–water partition coefficient (Wildman–Crippen LogP) is 1.93. The maximum atomic E-state index is 13.3. The Morgan fingerprint density at radius 3 is 2.78 bits per heavy atom. The predicted molar refractivity (Wildman–Crippen MR) is 62.1 cm³/mol. The summed E-state index contributed by atoms with van der Waals surface area (Å²) >= 11 is 0. The number of nitrogens with zero attached hydrogens (tertiary/aromatic N) is 2. The third kappa shape index (κ3) is 1.92. The molecule has 0 bridgehead atoms. The number of carboxylic acids is 1. The van der Waals surface area contributed by atoms with Gasteiger partial charge in [-0.1, -0.05) is 0 Å². The Bertz CT molecular complexity index is 607. The van der Waals surface area contributed by atoms with Crippen molar-refractivity contribution in [2.45, 2.75) is 0 Å². The van der Waals surface area contributed by atoms with Crippen molar-refractivity contribution in [3.8, 4) is 17.1 Å². The first-order valence-electron chi connectivity index (χ1n) is 5.13. The van der Waals surface area contributed by atoms with E-state index in [0.717, 1.165) is 0 Å². The fourth-order valence-corrected chi connectivity index (χ4v) is 1.71. The molecule has 0 saturated heterocycles. The Morgan fingerprint density at radius 1 is 1.50 bits per heavy atom. The lowest BCUT2D eigenvalue weighted by Crippen LogP contribution is -2.05. The van der Waals surface area contributed by atoms with Crippen molar-refractivity contribution in [3.05, 3.63) is 35.9 Å². The monoisotopic (exact) mass is 250 g/mol. The van der Waals surface area contributed by atoms with Gasteiger partial charge in [-0.25, -0.2) is 14.2 Å². The van der Waals surface area contributed by atoms with Crippen molar-refractivity contribution < 1.29 is 19.0 Å². The highest BCUT2D eigenvalue weighted by molar-refractivity contribution is 5.86. The van der Waals surface area contributed by atoms with Crippen molar-refractivity contribution in [2.24, 2.45) is 7.05 Å². The van der Waals surface area contributed by atoms with Gasteiger partial charge in [0, 0.05) is 7.05 Å². The lowest BCUT2D eigenvalue weighted by Gasteiger charge is -2.08. The number of carbonyl (C=O) groups is 1. The molecule has 2 aromatic rings. The number of benzene rings is 1. The molecule has 2 rings (SSSR count). The first-order valence-corrected chi connectivity index (χ1v) is 5.13. The van der Waals surface area contributed by atoms with Gasteiger partial charge in [-0.2, -0.15) is 0 Å². The second-order valence-corrected chi connectivity index (χ2v) is 3.68. The smallest absolute Gasteiger partial charge is 0.354 e. The van der Waals surface area contributed by atoms with Crippen LogP contribution in [0.3, 0.4) is 0 Å². The number of hydrogen-bond acceptors (Lipinski definition) is 3. The SMILES string of the molecule is COc1ccc(F)cc1-c1ncc(C(=O)O)n1C. The number of rotatable bonds is 3. The van der Waals surface area contributed by atoms with Crippen LogP contribution in [-0.2, 0) is 7.05 Å². The van der Waals surface area contributed by atoms with Gasteiger partial charge in [-0.15, -0.1) is 0 Å². The molecule has 6 heteroatoms. The fraction of sp³-hybridized carbons (Fsp3) is 0.167. The van der Waals surface area contributed by atoms with E-state index in [0.29, 0.717) is 17.1 Å². The van der Waals surface area contributed by atoms with Gasteiger partial charge in [0.25, 0.3) is 0 Å². The van der Waals surface area contributed by atoms with Gasteiger partial charge in [-0.3, -0.25) is 0 Å². The summed E-state index contributed by atoms with van der Waals surface area (Å²) in [6.07, 6.45) is 1.22. The second kappa shape index (κ2) is 4.48. The standard InChI is InChI=1S/C12H11FN2O3/c1-15-9(12(16)17)6-14-11(15)8-5-7(13)3-4-10(8)18-2/h3-6H,1-2H3,(H,16,17). The Balaban J connectivity index is 2.61. The van der Waals surface area contributed by atoms with Crippen LogP contribution in [0.1, 0.15) is 10.5 Å². The van der Waals surface area contributed by atoms with Crippen molar-refractivity contribution in [1.29, 1.82) is 0 Å². The van der Waals surface area contributed by atoms with E-state index in [2.05, 4.69) is 4.98 Å². The number of carboxylic acid groups (broad SMARTS) is 1. The first-order chi connectivity index (χ1) is 8.54. The van der Waals surface area contributed by atoms with Crippen LogP contribution in [0.15, 0.2) is 24.4 Å². The molecule has 0 aliphatic heterocycles. The largest absolute Gasteiger partial charge is 0.496 e. The van der Waals surface area contributed by atoms with E-state index in [1.165, 1.54) is 36.1 Å². The number of methoxy groups -OCH3 is 1. The average Bonchev–Trinajstić information content (AvgIpc) is 2.71. The summed E-state index contributed by atoms with van der Waals surface area (Å²) in [5.74, 6) is -0.761. The lowest BCUT2D eigenvalue weighted by molar-refractivity contribution is 0.0686. The third-order valence-corrected chi connectivity index (χ3v) is 2.61. The van der Waals surface area contributed by atoms with Gasteiger partial charge >= 0.3 is 5.97 Å². The van der Waals surface area contributed by atoms with Crippen molar-refractivity contribution in [2.75, 3.05) is 7.11 Å². The van der Waals surface area contributed by atoms with Crippen LogP contribution in [-0.4, -0.2) is 27.7 Å². The summed E-state index contributed by atoms with van der Waals surface area (Å²) in [6, 6.07) is 4.00. The van der Waals surface area contributed by atoms with Crippen molar-refractivity contribution in [1.82, 2.24) is 9.55 Å². The number of ether oxygens (including phenoxy) is 1. The summed E-state index contributed by atoms with van der Waals surface area (Å²) in [5.41, 5.74) is 0.434. The van der Waals surface area contributed by atoms with Gasteiger partial charge in [0.1, 0.15) is 23.1 Å². The van der Waals surface area contributed by atoms with Crippen LogP contribution >= 0.6 is 0 Å². The molecule has 0 saturated carbocycles. The quantitative estimate of drug-likeness (QED) is 0.904. The second-order valence-electron chi connectivity index (χ2n) is 3.68. The van der Waals surface area contributed by atoms with Crippen LogP contribution < -0.4 is 4.74 Å². The molecular weight excluding hydrogens is 239 g/mol. The van der Waals surface area contributed by atoms with E-state index >= 15 is 0 Å². The molecule has 1 aromatic heterocycles. The van der Waals surface area contributed by atoms with Gasteiger partial charge in [-0.05, 0) is 18.2 Å². The molecule has 5 nitrogen and oxygen atoms in total. The van der Waals surface area contributed by atoms with Gasteiger partial charge in [0.15, 0.2) is 0 Å². The van der Waals surface area contributed by atoms with Gasteiger partial charge in [0.2, 0.25) is 0 Å². The molecule has 0 spiro atoms. The van der Waals surface area contributed by atoms with Crippen LogP contribution in [0.4, 0.5) is 4.39 Å². The molecule has 18 heavy (non-hydrogen) atoms. The fourth-order valence-electron chi connectivity index (χ4n) is 1.71. The van der Waals surface area contributed by atoms with E-state index in [-0.39, 0.29) is 5.69 Å². The zero-order valence-electron chi connectivity index (χ0n) is 9.85. The van der Waals surface area contributed by atoms with Crippen LogP contribution in [0.2, 0.25) is 0 Å². The molecule has 94 valence electrons. The Hall–Kier alpha value is -2.37. The molecule has 0 radical (unpaired) electrons. The summed E-state index contributed by atoms with van der Waals surface area (Å²) < 4.78 is 19.7. The Labute approximate surface area is 102 Å². The summed E-state index contributed by atoms with van der Waals surface area (Å²) in [6.45, 7) is 0. The van der Waals surface area contributed by atoms with E-state index in [1.807, 2.05) is 0 Å². The summed E-state index contributed by atoms with van der Waals surface area (Å²) in [4.78, 5) is 14.9. The molecule has 0 amide bonds. The highest BCUT2D eigenvalue weighted by Gasteiger charge is 2.17. The van der Waals surface area contributed by atoms with Gasteiger partial charge < -0.3 is 14.4 Å². The maximum Gasteiger partial charge on any atom is 0.354 e. The minimum atomic E-state index is -1.09. The first kappa shape index (κ1) is 12.1. The molecule has 1 heterocycles. The normalized spacial score (nSPS) is 10.4. The summed E-state index contributed by atoms with van der Waals surface area (Å²) in [5, 5.41) is 8.94. The Morgan fingerprint density at radius 2 is 2.22 bits per heavy atom. The van der Waals surface area contributed by atoms with Gasteiger partial charge in [0.05, 0.1) is 18.9 Å². The molecule has 0 atom stereocenters. The molecule has 0 aliphatic carbocycles. The van der Waals surface area contributed by atoms with E-state index in [9.17, 15) is 9.18 Å². The van der Waals surface area contributed by atoms with Crippen LogP contribution in [0, 0.1) is 5.82 Å². The van der Waals surface area contributed by atoms with Crippen molar-refractivity contribution in [3.63, 3.8) is 0 Å². The third-order valence-electron chi connectivity index (χ3n) is 2.61. The Kier molecular flexibility index (Phi) is 3.01. The molecular formula is C12H11FN2O3. The molecule has 1 aromatic carbocycles. The zero-order valence-corrected chi connectivity index (χ0v) is 9.85. The van der Waals surface area contributed by atoms with E-state index in [1.54, 1.807) is 7.05 Å². The number of imidazole rings is 1. The molecule has 0 aliphatic rings. The highest BCUT2D eigenvalue weighted by atomic mass is 19.1. The number of aromatic nitrogens is 2. The zero-order chi connectivity index (χ0) is 13.3. The van der Waals surface area contributed by atoms with E-state index < -0.39 is 11.8 Å². The van der Waals surface area contributed by atoms with Crippen LogP contribution in [0.25, 0.3) is 11.4 Å². The highest BCUT2D eigenvalue weighted by Crippen LogP contribution is 2.29.